The highest BCUT2D eigenvalue weighted by atomic mass is 15.0. The maximum atomic E-state index is 4.26. The van der Waals surface area contributed by atoms with Crippen molar-refractivity contribution in [2.75, 3.05) is 5.32 Å². The summed E-state index contributed by atoms with van der Waals surface area (Å²) >= 11 is 0. The summed E-state index contributed by atoms with van der Waals surface area (Å²) in [7, 11) is 0. The van der Waals surface area contributed by atoms with E-state index in [2.05, 4.69) is 60.3 Å². The molecule has 0 saturated heterocycles. The molecule has 0 radical (unpaired) electrons. The van der Waals surface area contributed by atoms with E-state index in [1.807, 2.05) is 6.07 Å². The molecular weight excluding hydrogens is 234 g/mol. The zero-order chi connectivity index (χ0) is 13.7. The zero-order valence-electron chi connectivity index (χ0n) is 11.9. The molecule has 0 aliphatic heterocycles. The highest BCUT2D eigenvalue weighted by molar-refractivity contribution is 5.39. The molecule has 0 spiro atoms. The average molecular weight is 255 g/mol. The number of rotatable bonds is 5. The van der Waals surface area contributed by atoms with Crippen LogP contribution in [0.3, 0.4) is 0 Å². The van der Waals surface area contributed by atoms with Gasteiger partial charge in [0.05, 0.1) is 0 Å². The van der Waals surface area contributed by atoms with Crippen LogP contribution >= 0.6 is 0 Å². The highest BCUT2D eigenvalue weighted by Gasteiger charge is 2.06. The third-order valence-electron chi connectivity index (χ3n) is 3.34. The number of aryl methyl sites for hydroxylation is 2. The Morgan fingerprint density at radius 3 is 2.42 bits per heavy atom. The Kier molecular flexibility index (Phi) is 4.50. The summed E-state index contributed by atoms with van der Waals surface area (Å²) in [6.45, 7) is 6.41. The summed E-state index contributed by atoms with van der Waals surface area (Å²) < 4.78 is 0. The van der Waals surface area contributed by atoms with Crippen LogP contribution in [-0.2, 0) is 12.8 Å². The molecule has 3 nitrogen and oxygen atoms in total. The Morgan fingerprint density at radius 1 is 1.05 bits per heavy atom. The minimum absolute atomic E-state index is 0.241. The first-order valence-electron chi connectivity index (χ1n) is 6.89. The lowest BCUT2D eigenvalue weighted by Gasteiger charge is -2.15. The van der Waals surface area contributed by atoms with E-state index >= 15 is 0 Å². The first-order valence-corrected chi connectivity index (χ1v) is 6.89. The predicted molar refractivity (Wildman–Crippen MR) is 79.3 cm³/mol. The molecule has 100 valence electrons. The number of anilines is 1. The molecule has 0 bridgehead atoms. The molecule has 1 heterocycles. The van der Waals surface area contributed by atoms with E-state index in [-0.39, 0.29) is 6.04 Å². The second kappa shape index (κ2) is 6.32. The van der Waals surface area contributed by atoms with Gasteiger partial charge in [0.25, 0.3) is 0 Å². The van der Waals surface area contributed by atoms with Gasteiger partial charge in [-0.1, -0.05) is 38.1 Å². The van der Waals surface area contributed by atoms with Crippen LogP contribution in [0.5, 0.6) is 0 Å². The second-order valence-electron chi connectivity index (χ2n) is 4.71. The number of hydrogen-bond donors (Lipinski definition) is 1. The van der Waals surface area contributed by atoms with Crippen molar-refractivity contribution in [2.24, 2.45) is 0 Å². The summed E-state index contributed by atoms with van der Waals surface area (Å²) in [5.74, 6) is 0.888. The molecule has 1 unspecified atom stereocenters. The standard InChI is InChI=1S/C16H21N3/c1-4-13-6-8-14(9-7-13)12(3)19-16-10-15(5-2)17-11-18-16/h6-12H,4-5H2,1-3H3,(H,17,18,19). The molecule has 0 aliphatic carbocycles. The van der Waals surface area contributed by atoms with Gasteiger partial charge in [-0.25, -0.2) is 9.97 Å². The largest absolute Gasteiger partial charge is 0.363 e. The molecule has 2 aromatic rings. The number of aromatic nitrogens is 2. The topological polar surface area (TPSA) is 37.8 Å². The van der Waals surface area contributed by atoms with Gasteiger partial charge in [0.2, 0.25) is 0 Å². The quantitative estimate of drug-likeness (QED) is 0.883. The Labute approximate surface area is 115 Å². The molecule has 0 aliphatic rings. The van der Waals surface area contributed by atoms with E-state index < -0.39 is 0 Å². The summed E-state index contributed by atoms with van der Waals surface area (Å²) in [6.07, 6.45) is 3.62. The fourth-order valence-corrected chi connectivity index (χ4v) is 2.02. The number of nitrogens with one attached hydrogen (secondary N) is 1. The maximum absolute atomic E-state index is 4.26. The molecular formula is C16H21N3. The first kappa shape index (κ1) is 13.5. The zero-order valence-corrected chi connectivity index (χ0v) is 11.9. The molecule has 0 fully saturated rings. The fraction of sp³-hybridized carbons (Fsp3) is 0.375. The normalized spacial score (nSPS) is 12.2. The molecule has 1 N–H and O–H groups in total. The lowest BCUT2D eigenvalue weighted by molar-refractivity contribution is 0.865. The minimum Gasteiger partial charge on any atom is -0.363 e. The smallest absolute Gasteiger partial charge is 0.130 e. The Bertz CT molecular complexity index is 520. The molecule has 0 saturated carbocycles. The van der Waals surface area contributed by atoms with Gasteiger partial charge in [0, 0.05) is 17.8 Å². The summed E-state index contributed by atoms with van der Waals surface area (Å²) in [5.41, 5.74) is 3.70. The van der Waals surface area contributed by atoms with E-state index in [4.69, 9.17) is 0 Å². The van der Waals surface area contributed by atoms with Crippen LogP contribution in [0.2, 0.25) is 0 Å². The molecule has 0 amide bonds. The molecule has 2 rings (SSSR count). The van der Waals surface area contributed by atoms with Gasteiger partial charge < -0.3 is 5.32 Å². The van der Waals surface area contributed by atoms with Crippen LogP contribution in [0.1, 0.15) is 43.6 Å². The third-order valence-corrected chi connectivity index (χ3v) is 3.34. The van der Waals surface area contributed by atoms with Crippen molar-refractivity contribution in [2.45, 2.75) is 39.7 Å². The SMILES string of the molecule is CCc1ccc(C(C)Nc2cc(CC)ncn2)cc1. The van der Waals surface area contributed by atoms with Crippen LogP contribution < -0.4 is 5.32 Å². The van der Waals surface area contributed by atoms with E-state index in [0.717, 1.165) is 24.4 Å². The van der Waals surface area contributed by atoms with E-state index in [1.54, 1.807) is 6.33 Å². The van der Waals surface area contributed by atoms with E-state index in [0.29, 0.717) is 0 Å². The van der Waals surface area contributed by atoms with Gasteiger partial charge in [-0.3, -0.25) is 0 Å². The van der Waals surface area contributed by atoms with E-state index in [9.17, 15) is 0 Å². The molecule has 1 aromatic carbocycles. The fourth-order valence-electron chi connectivity index (χ4n) is 2.02. The van der Waals surface area contributed by atoms with Gasteiger partial charge in [-0.05, 0) is 30.9 Å². The molecule has 19 heavy (non-hydrogen) atoms. The van der Waals surface area contributed by atoms with Crippen molar-refractivity contribution in [1.82, 2.24) is 9.97 Å². The Hall–Kier alpha value is -1.90. The number of nitrogens with zero attached hydrogens (tertiary/aromatic N) is 2. The van der Waals surface area contributed by atoms with Crippen molar-refractivity contribution < 1.29 is 0 Å². The van der Waals surface area contributed by atoms with Gasteiger partial charge in [-0.2, -0.15) is 0 Å². The molecule has 3 heteroatoms. The second-order valence-corrected chi connectivity index (χ2v) is 4.71. The van der Waals surface area contributed by atoms with Crippen molar-refractivity contribution in [3.63, 3.8) is 0 Å². The number of benzene rings is 1. The minimum atomic E-state index is 0.241. The van der Waals surface area contributed by atoms with Crippen molar-refractivity contribution in [3.05, 3.63) is 53.5 Å². The van der Waals surface area contributed by atoms with Crippen molar-refractivity contribution in [3.8, 4) is 0 Å². The van der Waals surface area contributed by atoms with Gasteiger partial charge in [0.15, 0.2) is 0 Å². The first-order chi connectivity index (χ1) is 9.22. The van der Waals surface area contributed by atoms with Gasteiger partial charge in [-0.15, -0.1) is 0 Å². The summed E-state index contributed by atoms with van der Waals surface area (Å²) in [6, 6.07) is 11.0. The number of hydrogen-bond acceptors (Lipinski definition) is 3. The van der Waals surface area contributed by atoms with Crippen LogP contribution in [0.25, 0.3) is 0 Å². The van der Waals surface area contributed by atoms with Crippen LogP contribution in [-0.4, -0.2) is 9.97 Å². The van der Waals surface area contributed by atoms with E-state index in [1.165, 1.54) is 11.1 Å². The monoisotopic (exact) mass is 255 g/mol. The van der Waals surface area contributed by atoms with Crippen LogP contribution in [0.4, 0.5) is 5.82 Å². The maximum Gasteiger partial charge on any atom is 0.130 e. The molecule has 1 aromatic heterocycles. The Morgan fingerprint density at radius 2 is 1.79 bits per heavy atom. The third kappa shape index (κ3) is 3.53. The molecule has 1 atom stereocenters. The van der Waals surface area contributed by atoms with Crippen molar-refractivity contribution >= 4 is 5.82 Å². The van der Waals surface area contributed by atoms with Gasteiger partial charge >= 0.3 is 0 Å². The average Bonchev–Trinajstić information content (AvgIpc) is 2.47. The van der Waals surface area contributed by atoms with Crippen molar-refractivity contribution in [1.29, 1.82) is 0 Å². The highest BCUT2D eigenvalue weighted by Crippen LogP contribution is 2.18. The summed E-state index contributed by atoms with van der Waals surface area (Å²) in [5, 5.41) is 3.42. The van der Waals surface area contributed by atoms with Crippen LogP contribution in [0, 0.1) is 0 Å². The van der Waals surface area contributed by atoms with Gasteiger partial charge in [0.1, 0.15) is 12.1 Å². The summed E-state index contributed by atoms with van der Waals surface area (Å²) in [4.78, 5) is 8.47. The van der Waals surface area contributed by atoms with Crippen LogP contribution in [0.15, 0.2) is 36.7 Å². The lowest BCUT2D eigenvalue weighted by Crippen LogP contribution is -2.08. The Balaban J connectivity index is 2.08. The lowest BCUT2D eigenvalue weighted by atomic mass is 10.1. The predicted octanol–water partition coefficient (Wildman–Crippen LogP) is 3.77.